The van der Waals surface area contributed by atoms with E-state index in [0.29, 0.717) is 11.1 Å². The highest BCUT2D eigenvalue weighted by Crippen LogP contribution is 2.23. The minimum atomic E-state index is -0.208. The van der Waals surface area contributed by atoms with Gasteiger partial charge in [-0.3, -0.25) is 0 Å². The fraction of sp³-hybridized carbons (Fsp3) is 0.455. The summed E-state index contributed by atoms with van der Waals surface area (Å²) >= 11 is 0. The van der Waals surface area contributed by atoms with Gasteiger partial charge in [-0.1, -0.05) is 32.0 Å². The molecule has 13 heavy (non-hydrogen) atoms. The molecule has 2 N–H and O–H groups in total. The quantitative estimate of drug-likeness (QED) is 0.746. The van der Waals surface area contributed by atoms with Crippen LogP contribution in [0.4, 0.5) is 4.39 Å². The van der Waals surface area contributed by atoms with Gasteiger partial charge in [0.1, 0.15) is 5.82 Å². The van der Waals surface area contributed by atoms with Crippen molar-refractivity contribution >= 4 is 0 Å². The van der Waals surface area contributed by atoms with Crippen LogP contribution >= 0.6 is 0 Å². The third kappa shape index (κ3) is 2.07. The van der Waals surface area contributed by atoms with Gasteiger partial charge in [0.25, 0.3) is 0 Å². The summed E-state index contributed by atoms with van der Waals surface area (Å²) in [6.07, 6.45) is 0. The zero-order valence-electron chi connectivity index (χ0n) is 8.34. The van der Waals surface area contributed by atoms with E-state index in [9.17, 15) is 4.39 Å². The van der Waals surface area contributed by atoms with Crippen molar-refractivity contribution in [1.82, 2.24) is 0 Å². The molecule has 0 spiro atoms. The lowest BCUT2D eigenvalue weighted by Crippen LogP contribution is -2.18. The molecule has 0 aliphatic carbocycles. The third-order valence-electron chi connectivity index (χ3n) is 2.30. The van der Waals surface area contributed by atoms with Gasteiger partial charge in [-0.25, -0.2) is 4.39 Å². The molecule has 0 amide bonds. The number of halogens is 1. The Hall–Kier alpha value is -0.890. The first kappa shape index (κ1) is 10.2. The van der Waals surface area contributed by atoms with Crippen molar-refractivity contribution in [3.63, 3.8) is 0 Å². The zero-order valence-corrected chi connectivity index (χ0v) is 8.34. The Bertz CT molecular complexity index is 294. The molecule has 2 heteroatoms. The second-order valence-corrected chi connectivity index (χ2v) is 3.75. The van der Waals surface area contributed by atoms with Gasteiger partial charge < -0.3 is 5.73 Å². The van der Waals surface area contributed by atoms with Crippen molar-refractivity contribution < 1.29 is 4.39 Å². The van der Waals surface area contributed by atoms with Crippen LogP contribution in [0.2, 0.25) is 0 Å². The van der Waals surface area contributed by atoms with E-state index in [4.69, 9.17) is 5.73 Å². The van der Waals surface area contributed by atoms with Crippen LogP contribution in [0.5, 0.6) is 0 Å². The maximum atomic E-state index is 13.5. The highest BCUT2D eigenvalue weighted by Gasteiger charge is 2.15. The lowest BCUT2D eigenvalue weighted by atomic mass is 9.95. The number of benzene rings is 1. The molecular weight excluding hydrogens is 165 g/mol. The van der Waals surface area contributed by atoms with Crippen molar-refractivity contribution in [2.75, 3.05) is 0 Å². The lowest BCUT2D eigenvalue weighted by Gasteiger charge is -2.17. The van der Waals surface area contributed by atoms with Crippen LogP contribution in [0.25, 0.3) is 0 Å². The molecule has 0 saturated carbocycles. The standard InChI is InChI=1S/C11H16FN/c1-7(2)11(13)9-6-4-5-8(3)10(9)12/h4-7,11H,13H2,1-3H3. The number of aryl methyl sites for hydroxylation is 1. The zero-order chi connectivity index (χ0) is 10.0. The predicted octanol–water partition coefficient (Wildman–Crippen LogP) is 2.79. The average Bonchev–Trinajstić information content (AvgIpc) is 2.08. The van der Waals surface area contributed by atoms with Crippen LogP contribution in [-0.4, -0.2) is 0 Å². The smallest absolute Gasteiger partial charge is 0.130 e. The second kappa shape index (κ2) is 3.88. The summed E-state index contributed by atoms with van der Waals surface area (Å²) in [6, 6.07) is 5.15. The van der Waals surface area contributed by atoms with Crippen molar-refractivity contribution in [3.05, 3.63) is 35.1 Å². The van der Waals surface area contributed by atoms with Crippen molar-refractivity contribution in [1.29, 1.82) is 0 Å². The van der Waals surface area contributed by atoms with Crippen molar-refractivity contribution in [3.8, 4) is 0 Å². The molecule has 0 bridgehead atoms. The molecule has 0 saturated heterocycles. The molecule has 1 unspecified atom stereocenters. The Morgan fingerprint density at radius 1 is 1.31 bits per heavy atom. The van der Waals surface area contributed by atoms with Crippen LogP contribution in [0.15, 0.2) is 18.2 Å². The Morgan fingerprint density at radius 3 is 2.46 bits per heavy atom. The lowest BCUT2D eigenvalue weighted by molar-refractivity contribution is 0.483. The molecule has 0 aliphatic rings. The summed E-state index contributed by atoms with van der Waals surface area (Å²) in [5.74, 6) is 0.0972. The number of hydrogen-bond acceptors (Lipinski definition) is 1. The van der Waals surface area contributed by atoms with E-state index in [1.807, 2.05) is 19.9 Å². The van der Waals surface area contributed by atoms with Crippen LogP contribution in [0, 0.1) is 18.7 Å². The van der Waals surface area contributed by atoms with E-state index in [0.717, 1.165) is 0 Å². The molecule has 0 aromatic heterocycles. The second-order valence-electron chi connectivity index (χ2n) is 3.75. The highest BCUT2D eigenvalue weighted by atomic mass is 19.1. The molecule has 1 atom stereocenters. The van der Waals surface area contributed by atoms with Crippen molar-refractivity contribution in [2.45, 2.75) is 26.8 Å². The first-order valence-corrected chi connectivity index (χ1v) is 4.54. The van der Waals surface area contributed by atoms with Gasteiger partial charge in [-0.15, -0.1) is 0 Å². The number of rotatable bonds is 2. The Morgan fingerprint density at radius 2 is 1.92 bits per heavy atom. The van der Waals surface area contributed by atoms with Gasteiger partial charge in [-0.2, -0.15) is 0 Å². The van der Waals surface area contributed by atoms with Crippen LogP contribution in [-0.2, 0) is 0 Å². The van der Waals surface area contributed by atoms with E-state index >= 15 is 0 Å². The monoisotopic (exact) mass is 181 g/mol. The summed E-state index contributed by atoms with van der Waals surface area (Å²) in [5, 5.41) is 0. The summed E-state index contributed by atoms with van der Waals surface area (Å²) in [5.41, 5.74) is 7.15. The first-order valence-electron chi connectivity index (χ1n) is 4.54. The average molecular weight is 181 g/mol. The van der Waals surface area contributed by atoms with Gasteiger partial charge in [0.15, 0.2) is 0 Å². The van der Waals surface area contributed by atoms with Crippen LogP contribution in [0.3, 0.4) is 0 Å². The number of nitrogens with two attached hydrogens (primary N) is 1. The van der Waals surface area contributed by atoms with Gasteiger partial charge >= 0.3 is 0 Å². The van der Waals surface area contributed by atoms with Crippen LogP contribution in [0.1, 0.15) is 31.0 Å². The molecule has 0 fully saturated rings. The Balaban J connectivity index is 3.07. The van der Waals surface area contributed by atoms with E-state index in [-0.39, 0.29) is 17.8 Å². The minimum Gasteiger partial charge on any atom is -0.324 e. The molecule has 0 radical (unpaired) electrons. The molecular formula is C11H16FN. The normalized spacial score (nSPS) is 13.4. The SMILES string of the molecule is Cc1cccc(C(N)C(C)C)c1F. The van der Waals surface area contributed by atoms with Gasteiger partial charge in [-0.05, 0) is 18.4 Å². The van der Waals surface area contributed by atoms with Crippen molar-refractivity contribution in [2.24, 2.45) is 11.7 Å². The summed E-state index contributed by atoms with van der Waals surface area (Å²) in [6.45, 7) is 5.74. The minimum absolute atomic E-state index is 0.163. The van der Waals surface area contributed by atoms with E-state index in [1.165, 1.54) is 0 Å². The summed E-state index contributed by atoms with van der Waals surface area (Å²) in [4.78, 5) is 0. The first-order chi connectivity index (χ1) is 6.04. The van der Waals surface area contributed by atoms with Gasteiger partial charge in [0, 0.05) is 11.6 Å². The molecule has 1 nitrogen and oxygen atoms in total. The number of hydrogen-bond donors (Lipinski definition) is 1. The van der Waals surface area contributed by atoms with E-state index < -0.39 is 0 Å². The molecule has 1 aromatic rings. The van der Waals surface area contributed by atoms with Crippen LogP contribution < -0.4 is 5.73 Å². The maximum absolute atomic E-state index is 13.5. The van der Waals surface area contributed by atoms with Gasteiger partial charge in [0.05, 0.1) is 0 Å². The topological polar surface area (TPSA) is 26.0 Å². The fourth-order valence-corrected chi connectivity index (χ4v) is 1.29. The molecule has 1 rings (SSSR count). The largest absolute Gasteiger partial charge is 0.324 e. The molecule has 0 aliphatic heterocycles. The molecule has 0 heterocycles. The van der Waals surface area contributed by atoms with Gasteiger partial charge in [0.2, 0.25) is 0 Å². The summed E-state index contributed by atoms with van der Waals surface area (Å²) in [7, 11) is 0. The van der Waals surface area contributed by atoms with E-state index in [2.05, 4.69) is 0 Å². The third-order valence-corrected chi connectivity index (χ3v) is 2.30. The maximum Gasteiger partial charge on any atom is 0.130 e. The summed E-state index contributed by atoms with van der Waals surface area (Å²) < 4.78 is 13.5. The Kier molecular flexibility index (Phi) is 3.04. The Labute approximate surface area is 78.8 Å². The fourth-order valence-electron chi connectivity index (χ4n) is 1.29. The predicted molar refractivity (Wildman–Crippen MR) is 52.9 cm³/mol. The highest BCUT2D eigenvalue weighted by molar-refractivity contribution is 5.27. The molecule has 72 valence electrons. The molecule has 1 aromatic carbocycles. The van der Waals surface area contributed by atoms with E-state index in [1.54, 1.807) is 19.1 Å².